The number of aryl methyl sites for hydroxylation is 1. The number of hydrogen-bond donors (Lipinski definition) is 0. The molecule has 0 bridgehead atoms. The van der Waals surface area contributed by atoms with Crippen molar-refractivity contribution in [1.29, 1.82) is 0 Å². The van der Waals surface area contributed by atoms with Crippen molar-refractivity contribution in [3.63, 3.8) is 0 Å². The van der Waals surface area contributed by atoms with Gasteiger partial charge in [0.1, 0.15) is 0 Å². The minimum atomic E-state index is -0.00855. The van der Waals surface area contributed by atoms with Crippen molar-refractivity contribution in [3.8, 4) is 11.5 Å². The van der Waals surface area contributed by atoms with Crippen LogP contribution in [0.4, 0.5) is 0 Å². The van der Waals surface area contributed by atoms with Gasteiger partial charge >= 0.3 is 0 Å². The average Bonchev–Trinajstić information content (AvgIpc) is 3.11. The minimum Gasteiger partial charge on any atom is -0.454 e. The molecule has 2 heterocycles. The Hall–Kier alpha value is -2.50. The van der Waals surface area contributed by atoms with Gasteiger partial charge < -0.3 is 14.4 Å². The van der Waals surface area contributed by atoms with E-state index >= 15 is 0 Å². The Morgan fingerprint density at radius 3 is 2.82 bits per heavy atom. The smallest absolute Gasteiger partial charge is 0.257 e. The van der Waals surface area contributed by atoms with Crippen LogP contribution in [-0.2, 0) is 13.6 Å². The van der Waals surface area contributed by atoms with E-state index in [2.05, 4.69) is 5.10 Å². The van der Waals surface area contributed by atoms with Gasteiger partial charge in [-0.15, -0.1) is 0 Å². The Bertz CT molecular complexity index is 709. The molecular formula is C16H19N3O3. The molecular weight excluding hydrogens is 282 g/mol. The van der Waals surface area contributed by atoms with Gasteiger partial charge in [-0.25, -0.2) is 0 Å². The number of benzene rings is 1. The molecule has 1 amide bonds. The molecule has 6 nitrogen and oxygen atoms in total. The largest absolute Gasteiger partial charge is 0.454 e. The van der Waals surface area contributed by atoms with E-state index in [4.69, 9.17) is 9.47 Å². The molecule has 1 aromatic heterocycles. The molecule has 0 aliphatic carbocycles. The first-order valence-corrected chi connectivity index (χ1v) is 7.26. The normalized spacial score (nSPS) is 12.5. The van der Waals surface area contributed by atoms with Crippen LogP contribution in [0.1, 0.15) is 28.5 Å². The third kappa shape index (κ3) is 2.52. The summed E-state index contributed by atoms with van der Waals surface area (Å²) in [5, 5.41) is 4.14. The van der Waals surface area contributed by atoms with Crippen molar-refractivity contribution in [2.45, 2.75) is 20.4 Å². The van der Waals surface area contributed by atoms with Gasteiger partial charge in [-0.3, -0.25) is 9.48 Å². The number of carbonyl (C=O) groups excluding carboxylic acids is 1. The van der Waals surface area contributed by atoms with E-state index in [1.807, 2.05) is 39.1 Å². The van der Waals surface area contributed by atoms with Gasteiger partial charge in [-0.2, -0.15) is 5.10 Å². The zero-order valence-corrected chi connectivity index (χ0v) is 13.0. The van der Waals surface area contributed by atoms with E-state index in [-0.39, 0.29) is 12.7 Å². The summed E-state index contributed by atoms with van der Waals surface area (Å²) in [5.41, 5.74) is 2.53. The maximum Gasteiger partial charge on any atom is 0.257 e. The van der Waals surface area contributed by atoms with Crippen molar-refractivity contribution in [2.24, 2.45) is 7.05 Å². The van der Waals surface area contributed by atoms with Crippen LogP contribution in [-0.4, -0.2) is 33.9 Å². The third-order valence-electron chi connectivity index (χ3n) is 3.94. The summed E-state index contributed by atoms with van der Waals surface area (Å²) < 4.78 is 12.4. The quantitative estimate of drug-likeness (QED) is 0.868. The van der Waals surface area contributed by atoms with E-state index in [1.54, 1.807) is 15.8 Å². The zero-order chi connectivity index (χ0) is 15.7. The van der Waals surface area contributed by atoms with E-state index in [0.717, 1.165) is 22.8 Å². The third-order valence-corrected chi connectivity index (χ3v) is 3.94. The fourth-order valence-electron chi connectivity index (χ4n) is 2.47. The molecule has 1 aliphatic rings. The summed E-state index contributed by atoms with van der Waals surface area (Å²) in [6.07, 6.45) is 1.62. The molecule has 3 rings (SSSR count). The number of rotatable bonds is 4. The molecule has 116 valence electrons. The van der Waals surface area contributed by atoms with Crippen molar-refractivity contribution in [3.05, 3.63) is 41.2 Å². The van der Waals surface area contributed by atoms with Crippen molar-refractivity contribution >= 4 is 5.91 Å². The van der Waals surface area contributed by atoms with Crippen molar-refractivity contribution in [2.75, 3.05) is 13.3 Å². The van der Waals surface area contributed by atoms with Crippen LogP contribution in [0.15, 0.2) is 24.4 Å². The lowest BCUT2D eigenvalue weighted by Crippen LogP contribution is -2.30. The van der Waals surface area contributed by atoms with Crippen LogP contribution < -0.4 is 9.47 Å². The summed E-state index contributed by atoms with van der Waals surface area (Å²) >= 11 is 0. The van der Waals surface area contributed by atoms with Crippen molar-refractivity contribution in [1.82, 2.24) is 14.7 Å². The molecule has 0 saturated carbocycles. The predicted octanol–water partition coefficient (Wildman–Crippen LogP) is 2.12. The number of aromatic nitrogens is 2. The highest BCUT2D eigenvalue weighted by Crippen LogP contribution is 2.32. The van der Waals surface area contributed by atoms with Gasteiger partial charge in [-0.1, -0.05) is 6.07 Å². The van der Waals surface area contributed by atoms with Gasteiger partial charge in [0, 0.05) is 25.8 Å². The number of fused-ring (bicyclic) bond motifs is 1. The molecule has 0 radical (unpaired) electrons. The summed E-state index contributed by atoms with van der Waals surface area (Å²) in [7, 11) is 1.83. The molecule has 0 unspecified atom stereocenters. The molecule has 0 spiro atoms. The molecule has 0 atom stereocenters. The molecule has 0 N–H and O–H groups in total. The highest BCUT2D eigenvalue weighted by Gasteiger charge is 2.20. The maximum absolute atomic E-state index is 12.7. The Morgan fingerprint density at radius 2 is 2.14 bits per heavy atom. The Balaban J connectivity index is 1.80. The first-order valence-electron chi connectivity index (χ1n) is 7.26. The predicted molar refractivity (Wildman–Crippen MR) is 80.9 cm³/mol. The zero-order valence-electron chi connectivity index (χ0n) is 13.0. The monoisotopic (exact) mass is 301 g/mol. The van der Waals surface area contributed by atoms with Gasteiger partial charge in [0.15, 0.2) is 11.5 Å². The molecule has 2 aromatic rings. The topological polar surface area (TPSA) is 56.6 Å². The lowest BCUT2D eigenvalue weighted by atomic mass is 10.1. The second-order valence-electron chi connectivity index (χ2n) is 5.27. The number of ether oxygens (including phenoxy) is 2. The van der Waals surface area contributed by atoms with Gasteiger partial charge in [-0.05, 0) is 31.5 Å². The van der Waals surface area contributed by atoms with Gasteiger partial charge in [0.05, 0.1) is 11.8 Å². The maximum atomic E-state index is 12.7. The van der Waals surface area contributed by atoms with E-state index in [9.17, 15) is 4.79 Å². The average molecular weight is 301 g/mol. The van der Waals surface area contributed by atoms with Crippen LogP contribution in [0, 0.1) is 6.92 Å². The summed E-state index contributed by atoms with van der Waals surface area (Å²) in [5.74, 6) is 1.48. The standard InChI is InChI=1S/C16H19N3O3/c1-4-19(16(20)13-8-17-18(3)11(13)2)9-12-5-6-14-15(7-12)22-10-21-14/h5-8H,4,9-10H2,1-3H3. The highest BCUT2D eigenvalue weighted by atomic mass is 16.7. The van der Waals surface area contributed by atoms with Crippen LogP contribution in [0.2, 0.25) is 0 Å². The molecule has 0 saturated heterocycles. The number of amides is 1. The second-order valence-corrected chi connectivity index (χ2v) is 5.27. The lowest BCUT2D eigenvalue weighted by Gasteiger charge is -2.21. The molecule has 6 heteroatoms. The summed E-state index contributed by atoms with van der Waals surface area (Å²) in [6.45, 7) is 5.28. The molecule has 0 fully saturated rings. The second kappa shape index (κ2) is 5.71. The fraction of sp³-hybridized carbons (Fsp3) is 0.375. The van der Waals surface area contributed by atoms with E-state index < -0.39 is 0 Å². The number of hydrogen-bond acceptors (Lipinski definition) is 4. The summed E-state index contributed by atoms with van der Waals surface area (Å²) in [4.78, 5) is 14.5. The van der Waals surface area contributed by atoms with Gasteiger partial charge in [0.2, 0.25) is 6.79 Å². The highest BCUT2D eigenvalue weighted by molar-refractivity contribution is 5.95. The molecule has 1 aromatic carbocycles. The fourth-order valence-corrected chi connectivity index (χ4v) is 2.47. The Labute approximate surface area is 129 Å². The molecule has 1 aliphatic heterocycles. The van der Waals surface area contributed by atoms with Crippen LogP contribution >= 0.6 is 0 Å². The van der Waals surface area contributed by atoms with Crippen LogP contribution in [0.5, 0.6) is 11.5 Å². The molecule has 22 heavy (non-hydrogen) atoms. The first-order chi connectivity index (χ1) is 10.6. The number of nitrogens with zero attached hydrogens (tertiary/aromatic N) is 3. The van der Waals surface area contributed by atoms with Gasteiger partial charge in [0.25, 0.3) is 5.91 Å². The minimum absolute atomic E-state index is 0.00855. The Morgan fingerprint density at radius 1 is 1.36 bits per heavy atom. The Kier molecular flexibility index (Phi) is 3.75. The van der Waals surface area contributed by atoms with Crippen LogP contribution in [0.25, 0.3) is 0 Å². The van der Waals surface area contributed by atoms with Crippen molar-refractivity contribution < 1.29 is 14.3 Å². The summed E-state index contributed by atoms with van der Waals surface area (Å²) in [6, 6.07) is 5.76. The lowest BCUT2D eigenvalue weighted by molar-refractivity contribution is 0.0751. The van der Waals surface area contributed by atoms with E-state index in [1.165, 1.54) is 0 Å². The SMILES string of the molecule is CCN(Cc1ccc2c(c1)OCO2)C(=O)c1cnn(C)c1C. The van der Waals surface area contributed by atoms with E-state index in [0.29, 0.717) is 18.7 Å². The van der Waals surface area contributed by atoms with Crippen LogP contribution in [0.3, 0.4) is 0 Å². The number of carbonyl (C=O) groups is 1. The first kappa shape index (κ1) is 14.4.